The van der Waals surface area contributed by atoms with E-state index in [0.29, 0.717) is 0 Å². The van der Waals surface area contributed by atoms with Gasteiger partial charge in [0.05, 0.1) is 21.1 Å². The molecule has 2 heteroatoms. The van der Waals surface area contributed by atoms with Crippen molar-refractivity contribution < 1.29 is 4.48 Å². The number of hydrogen-bond acceptors (Lipinski definition) is 1. The summed E-state index contributed by atoms with van der Waals surface area (Å²) in [5, 5.41) is 0. The number of quaternary nitrogens is 1. The molecule has 3 aromatic rings. The van der Waals surface area contributed by atoms with Crippen molar-refractivity contribution in [3.63, 3.8) is 0 Å². The average molecular weight is 317 g/mol. The Hall–Kier alpha value is -2.58. The number of hydrogen-bond donors (Lipinski definition) is 0. The molecule has 0 atom stereocenters. The lowest BCUT2D eigenvalue weighted by Crippen LogP contribution is -2.33. The van der Waals surface area contributed by atoms with E-state index in [4.69, 9.17) is 0 Å². The Morgan fingerprint density at radius 3 is 1.62 bits per heavy atom. The molecule has 3 rings (SSSR count). The lowest BCUT2D eigenvalue weighted by Gasteiger charge is -2.27. The standard InChI is InChI=1S/C22H25N2/c1-24(2,3)18-19-11-10-16-22(17-19)23(20-12-6-4-7-13-20)21-14-8-5-9-15-21/h4-17H,18H2,1-3H3/q+1. The van der Waals surface area contributed by atoms with Crippen LogP contribution >= 0.6 is 0 Å². The van der Waals surface area contributed by atoms with Gasteiger partial charge in [-0.1, -0.05) is 48.5 Å². The maximum atomic E-state index is 2.30. The van der Waals surface area contributed by atoms with Crippen molar-refractivity contribution in [2.75, 3.05) is 26.0 Å². The predicted molar refractivity (Wildman–Crippen MR) is 103 cm³/mol. The molecule has 0 aliphatic rings. The van der Waals surface area contributed by atoms with Crippen molar-refractivity contribution in [3.05, 3.63) is 90.5 Å². The van der Waals surface area contributed by atoms with E-state index in [0.717, 1.165) is 11.0 Å². The van der Waals surface area contributed by atoms with Crippen LogP contribution < -0.4 is 4.90 Å². The molecule has 0 saturated carbocycles. The lowest BCUT2D eigenvalue weighted by atomic mass is 10.1. The molecule has 0 aromatic heterocycles. The Bertz CT molecular complexity index is 734. The Morgan fingerprint density at radius 1 is 0.625 bits per heavy atom. The third-order valence-corrected chi connectivity index (χ3v) is 3.85. The largest absolute Gasteiger partial charge is 0.327 e. The monoisotopic (exact) mass is 317 g/mol. The van der Waals surface area contributed by atoms with Gasteiger partial charge in [-0.05, 0) is 36.4 Å². The molecule has 0 spiro atoms. The van der Waals surface area contributed by atoms with Crippen molar-refractivity contribution in [1.82, 2.24) is 0 Å². The van der Waals surface area contributed by atoms with Crippen molar-refractivity contribution in [2.45, 2.75) is 6.54 Å². The minimum atomic E-state index is 0.917. The first-order valence-corrected chi connectivity index (χ1v) is 8.32. The van der Waals surface area contributed by atoms with Crippen LogP contribution in [0.1, 0.15) is 5.56 Å². The molecule has 0 heterocycles. The SMILES string of the molecule is C[N+](C)(C)Cc1cccc(N(c2ccccc2)c2ccccc2)c1. The summed E-state index contributed by atoms with van der Waals surface area (Å²) in [5.74, 6) is 0. The molecular weight excluding hydrogens is 292 g/mol. The molecule has 3 aromatic carbocycles. The van der Waals surface area contributed by atoms with Crippen LogP contribution in [0.5, 0.6) is 0 Å². The number of benzene rings is 3. The lowest BCUT2D eigenvalue weighted by molar-refractivity contribution is -0.884. The van der Waals surface area contributed by atoms with Crippen LogP contribution in [0, 0.1) is 0 Å². The third-order valence-electron chi connectivity index (χ3n) is 3.85. The zero-order valence-corrected chi connectivity index (χ0v) is 14.7. The van der Waals surface area contributed by atoms with E-state index in [9.17, 15) is 0 Å². The topological polar surface area (TPSA) is 3.24 Å². The van der Waals surface area contributed by atoms with Crippen LogP contribution in [0.2, 0.25) is 0 Å². The summed E-state index contributed by atoms with van der Waals surface area (Å²) in [6.07, 6.45) is 0. The van der Waals surface area contributed by atoms with E-state index in [-0.39, 0.29) is 0 Å². The molecule has 0 aliphatic heterocycles. The van der Waals surface area contributed by atoms with E-state index in [1.54, 1.807) is 0 Å². The molecule has 0 N–H and O–H groups in total. The highest BCUT2D eigenvalue weighted by Crippen LogP contribution is 2.34. The first-order valence-electron chi connectivity index (χ1n) is 8.32. The average Bonchev–Trinajstić information content (AvgIpc) is 2.56. The second kappa shape index (κ2) is 6.90. The van der Waals surface area contributed by atoms with Crippen LogP contribution in [0.25, 0.3) is 0 Å². The summed E-state index contributed by atoms with van der Waals surface area (Å²) in [5.41, 5.74) is 4.88. The van der Waals surface area contributed by atoms with Gasteiger partial charge in [-0.2, -0.15) is 0 Å². The summed E-state index contributed by atoms with van der Waals surface area (Å²) < 4.78 is 0.917. The Morgan fingerprint density at radius 2 is 1.12 bits per heavy atom. The smallest absolute Gasteiger partial charge is 0.104 e. The van der Waals surface area contributed by atoms with Gasteiger partial charge in [-0.3, -0.25) is 0 Å². The highest BCUT2D eigenvalue weighted by molar-refractivity contribution is 5.76. The number of para-hydroxylation sites is 2. The van der Waals surface area contributed by atoms with Crippen molar-refractivity contribution in [3.8, 4) is 0 Å². The highest BCUT2D eigenvalue weighted by Gasteiger charge is 2.14. The van der Waals surface area contributed by atoms with Gasteiger partial charge < -0.3 is 9.38 Å². The van der Waals surface area contributed by atoms with Gasteiger partial charge in [0.25, 0.3) is 0 Å². The second-order valence-electron chi connectivity index (χ2n) is 7.12. The summed E-state index contributed by atoms with van der Waals surface area (Å²) in [6, 6.07) is 29.9. The van der Waals surface area contributed by atoms with Crippen LogP contribution in [0.3, 0.4) is 0 Å². The number of nitrogens with zero attached hydrogens (tertiary/aromatic N) is 2. The second-order valence-corrected chi connectivity index (χ2v) is 7.12. The summed E-state index contributed by atoms with van der Waals surface area (Å²) in [7, 11) is 6.66. The minimum absolute atomic E-state index is 0.917. The fourth-order valence-corrected chi connectivity index (χ4v) is 2.94. The van der Waals surface area contributed by atoms with Crippen LogP contribution in [0.15, 0.2) is 84.9 Å². The molecule has 0 aliphatic carbocycles. The van der Waals surface area contributed by atoms with E-state index in [2.05, 4.69) is 111 Å². The molecule has 0 bridgehead atoms. The number of rotatable bonds is 5. The highest BCUT2D eigenvalue weighted by atomic mass is 15.3. The van der Waals surface area contributed by atoms with Gasteiger partial charge in [0, 0.05) is 22.6 Å². The Balaban J connectivity index is 2.05. The quantitative estimate of drug-likeness (QED) is 0.572. The van der Waals surface area contributed by atoms with Crippen LogP contribution in [0.4, 0.5) is 17.1 Å². The van der Waals surface area contributed by atoms with Crippen LogP contribution in [-0.2, 0) is 6.54 Å². The Kier molecular flexibility index (Phi) is 4.68. The zero-order chi connectivity index (χ0) is 17.0. The summed E-state index contributed by atoms with van der Waals surface area (Å²) >= 11 is 0. The fraction of sp³-hybridized carbons (Fsp3) is 0.182. The molecular formula is C22H25N2+. The summed E-state index contributed by atoms with van der Waals surface area (Å²) in [4.78, 5) is 2.30. The van der Waals surface area contributed by atoms with Crippen molar-refractivity contribution in [1.29, 1.82) is 0 Å². The van der Waals surface area contributed by atoms with Gasteiger partial charge in [-0.25, -0.2) is 0 Å². The van der Waals surface area contributed by atoms with E-state index < -0.39 is 0 Å². The first kappa shape index (κ1) is 16.3. The van der Waals surface area contributed by atoms with Crippen molar-refractivity contribution in [2.24, 2.45) is 0 Å². The van der Waals surface area contributed by atoms with E-state index in [1.807, 2.05) is 0 Å². The van der Waals surface area contributed by atoms with E-state index in [1.165, 1.54) is 22.6 Å². The van der Waals surface area contributed by atoms with Gasteiger partial charge in [0.2, 0.25) is 0 Å². The maximum Gasteiger partial charge on any atom is 0.104 e. The van der Waals surface area contributed by atoms with E-state index >= 15 is 0 Å². The molecule has 2 nitrogen and oxygen atoms in total. The van der Waals surface area contributed by atoms with Gasteiger partial charge in [0.15, 0.2) is 0 Å². The van der Waals surface area contributed by atoms with Gasteiger partial charge in [-0.15, -0.1) is 0 Å². The molecule has 24 heavy (non-hydrogen) atoms. The molecule has 0 amide bonds. The molecule has 0 unspecified atom stereocenters. The maximum absolute atomic E-state index is 2.30. The zero-order valence-electron chi connectivity index (χ0n) is 14.7. The predicted octanol–water partition coefficient (Wildman–Crippen LogP) is 5.36. The molecule has 0 fully saturated rings. The number of anilines is 3. The summed E-state index contributed by atoms with van der Waals surface area (Å²) in [6.45, 7) is 1.01. The van der Waals surface area contributed by atoms with Gasteiger partial charge >= 0.3 is 0 Å². The molecule has 0 saturated heterocycles. The third kappa shape index (κ3) is 4.03. The fourth-order valence-electron chi connectivity index (χ4n) is 2.94. The first-order chi connectivity index (χ1) is 11.5. The normalized spacial score (nSPS) is 11.3. The minimum Gasteiger partial charge on any atom is -0.327 e. The van der Waals surface area contributed by atoms with Crippen LogP contribution in [-0.4, -0.2) is 25.6 Å². The van der Waals surface area contributed by atoms with Gasteiger partial charge in [0.1, 0.15) is 6.54 Å². The molecule has 122 valence electrons. The van der Waals surface area contributed by atoms with Crippen molar-refractivity contribution >= 4 is 17.1 Å². The molecule has 0 radical (unpaired) electrons. The Labute approximate surface area is 145 Å².